The standard InChI is InChI=1S/C16H16N2O/c1-16(2)11-19-15(18-16)14-10-6-9-13(17-14)12-7-4-3-5-8-12/h3-10H,11H2,1-2H3. The number of hydrogen-bond acceptors (Lipinski definition) is 3. The predicted molar refractivity (Wildman–Crippen MR) is 76.2 cm³/mol. The third-order valence-corrected chi connectivity index (χ3v) is 3.00. The highest BCUT2D eigenvalue weighted by Gasteiger charge is 2.27. The zero-order valence-corrected chi connectivity index (χ0v) is 11.1. The third kappa shape index (κ3) is 2.50. The van der Waals surface area contributed by atoms with E-state index < -0.39 is 0 Å². The zero-order chi connectivity index (χ0) is 13.3. The van der Waals surface area contributed by atoms with Crippen LogP contribution in [-0.2, 0) is 4.74 Å². The van der Waals surface area contributed by atoms with Gasteiger partial charge in [-0.25, -0.2) is 9.98 Å². The molecule has 96 valence electrons. The van der Waals surface area contributed by atoms with Crippen LogP contribution in [0, 0.1) is 0 Å². The lowest BCUT2D eigenvalue weighted by atomic mass is 10.1. The van der Waals surface area contributed by atoms with Gasteiger partial charge in [-0.1, -0.05) is 36.4 Å². The number of aromatic nitrogens is 1. The average molecular weight is 252 g/mol. The van der Waals surface area contributed by atoms with Crippen LogP contribution in [0.15, 0.2) is 53.5 Å². The molecule has 3 nitrogen and oxygen atoms in total. The Bertz CT molecular complexity index is 618. The first-order chi connectivity index (χ1) is 9.14. The van der Waals surface area contributed by atoms with Gasteiger partial charge in [0, 0.05) is 5.56 Å². The molecule has 0 amide bonds. The molecule has 0 saturated carbocycles. The second kappa shape index (κ2) is 4.50. The summed E-state index contributed by atoms with van der Waals surface area (Å²) in [6.45, 7) is 4.72. The number of rotatable bonds is 2. The van der Waals surface area contributed by atoms with Crippen molar-refractivity contribution in [2.75, 3.05) is 6.61 Å². The van der Waals surface area contributed by atoms with Gasteiger partial charge in [0.05, 0.1) is 11.2 Å². The first-order valence-electron chi connectivity index (χ1n) is 6.40. The van der Waals surface area contributed by atoms with Crippen molar-refractivity contribution in [3.8, 4) is 11.3 Å². The third-order valence-electron chi connectivity index (χ3n) is 3.00. The smallest absolute Gasteiger partial charge is 0.236 e. The lowest BCUT2D eigenvalue weighted by Crippen LogP contribution is -2.17. The number of benzene rings is 1. The van der Waals surface area contributed by atoms with Crippen LogP contribution in [0.1, 0.15) is 19.5 Å². The molecule has 1 aromatic carbocycles. The van der Waals surface area contributed by atoms with Crippen molar-refractivity contribution in [3.05, 3.63) is 54.2 Å². The first kappa shape index (κ1) is 11.9. The number of ether oxygens (including phenoxy) is 1. The van der Waals surface area contributed by atoms with Crippen LogP contribution in [0.25, 0.3) is 11.3 Å². The summed E-state index contributed by atoms with van der Waals surface area (Å²) in [4.78, 5) is 9.19. The summed E-state index contributed by atoms with van der Waals surface area (Å²) in [5.74, 6) is 0.641. The highest BCUT2D eigenvalue weighted by Crippen LogP contribution is 2.22. The van der Waals surface area contributed by atoms with Gasteiger partial charge in [0.1, 0.15) is 12.3 Å². The van der Waals surface area contributed by atoms with Crippen molar-refractivity contribution in [2.45, 2.75) is 19.4 Å². The Hall–Kier alpha value is -2.16. The molecule has 19 heavy (non-hydrogen) atoms. The normalized spacial score (nSPS) is 16.8. The lowest BCUT2D eigenvalue weighted by Gasteiger charge is -2.07. The van der Waals surface area contributed by atoms with E-state index in [0.29, 0.717) is 12.5 Å². The Kier molecular flexibility index (Phi) is 2.82. The SMILES string of the molecule is CC1(C)COC(c2cccc(-c3ccccc3)n2)=N1. The van der Waals surface area contributed by atoms with Crippen molar-refractivity contribution in [1.29, 1.82) is 0 Å². The Morgan fingerprint density at radius 2 is 1.68 bits per heavy atom. The maximum Gasteiger partial charge on any atom is 0.236 e. The van der Waals surface area contributed by atoms with Gasteiger partial charge in [-0.2, -0.15) is 0 Å². The van der Waals surface area contributed by atoms with Gasteiger partial charge in [0.25, 0.3) is 0 Å². The zero-order valence-electron chi connectivity index (χ0n) is 11.1. The van der Waals surface area contributed by atoms with Gasteiger partial charge >= 0.3 is 0 Å². The predicted octanol–water partition coefficient (Wildman–Crippen LogP) is 3.30. The summed E-state index contributed by atoms with van der Waals surface area (Å²) in [5, 5.41) is 0. The summed E-state index contributed by atoms with van der Waals surface area (Å²) in [7, 11) is 0. The number of pyridine rings is 1. The largest absolute Gasteiger partial charge is 0.474 e. The minimum absolute atomic E-state index is 0.153. The number of hydrogen-bond donors (Lipinski definition) is 0. The van der Waals surface area contributed by atoms with Crippen molar-refractivity contribution < 1.29 is 4.74 Å². The van der Waals surface area contributed by atoms with Gasteiger partial charge in [-0.15, -0.1) is 0 Å². The van der Waals surface area contributed by atoms with Crippen LogP contribution in [0.3, 0.4) is 0 Å². The number of aliphatic imine (C=N–C) groups is 1. The monoisotopic (exact) mass is 252 g/mol. The van der Waals surface area contributed by atoms with Gasteiger partial charge < -0.3 is 4.74 Å². The van der Waals surface area contributed by atoms with Crippen LogP contribution in [0.4, 0.5) is 0 Å². The van der Waals surface area contributed by atoms with Gasteiger partial charge in [-0.3, -0.25) is 0 Å². The number of nitrogens with zero attached hydrogens (tertiary/aromatic N) is 2. The molecule has 0 N–H and O–H groups in total. The Morgan fingerprint density at radius 1 is 0.947 bits per heavy atom. The van der Waals surface area contributed by atoms with E-state index in [1.54, 1.807) is 0 Å². The van der Waals surface area contributed by atoms with Crippen LogP contribution in [0.2, 0.25) is 0 Å². The van der Waals surface area contributed by atoms with Crippen LogP contribution in [0.5, 0.6) is 0 Å². The van der Waals surface area contributed by atoms with Gasteiger partial charge in [-0.05, 0) is 26.0 Å². The van der Waals surface area contributed by atoms with Crippen LogP contribution in [-0.4, -0.2) is 23.0 Å². The molecule has 2 heterocycles. The molecule has 0 aliphatic carbocycles. The van der Waals surface area contributed by atoms with E-state index in [9.17, 15) is 0 Å². The summed E-state index contributed by atoms with van der Waals surface area (Å²) in [6, 6.07) is 16.0. The summed E-state index contributed by atoms with van der Waals surface area (Å²) in [6.07, 6.45) is 0. The van der Waals surface area contributed by atoms with Gasteiger partial charge in [0.15, 0.2) is 0 Å². The Morgan fingerprint density at radius 3 is 2.37 bits per heavy atom. The van der Waals surface area contributed by atoms with Crippen molar-refractivity contribution in [1.82, 2.24) is 4.98 Å². The van der Waals surface area contributed by atoms with Crippen LogP contribution < -0.4 is 0 Å². The molecule has 3 rings (SSSR count). The summed E-state index contributed by atoms with van der Waals surface area (Å²) >= 11 is 0. The molecular weight excluding hydrogens is 236 g/mol. The van der Waals surface area contributed by atoms with Crippen molar-refractivity contribution in [2.24, 2.45) is 4.99 Å². The molecule has 0 bridgehead atoms. The Balaban J connectivity index is 1.98. The average Bonchev–Trinajstić information content (AvgIpc) is 2.80. The fourth-order valence-corrected chi connectivity index (χ4v) is 2.04. The highest BCUT2D eigenvalue weighted by molar-refractivity contribution is 5.94. The topological polar surface area (TPSA) is 34.5 Å². The second-order valence-corrected chi connectivity index (χ2v) is 5.29. The molecule has 0 saturated heterocycles. The van der Waals surface area contributed by atoms with Crippen molar-refractivity contribution >= 4 is 5.90 Å². The maximum absolute atomic E-state index is 5.63. The maximum atomic E-state index is 5.63. The van der Waals surface area contributed by atoms with E-state index in [2.05, 4.69) is 23.8 Å². The molecular formula is C16H16N2O. The molecule has 2 aromatic rings. The molecule has 0 unspecified atom stereocenters. The quantitative estimate of drug-likeness (QED) is 0.821. The molecule has 0 spiro atoms. The van der Waals surface area contributed by atoms with E-state index in [-0.39, 0.29) is 5.54 Å². The van der Waals surface area contributed by atoms with E-state index >= 15 is 0 Å². The summed E-state index contributed by atoms with van der Waals surface area (Å²) < 4.78 is 5.63. The minimum Gasteiger partial charge on any atom is -0.474 e. The first-order valence-corrected chi connectivity index (χ1v) is 6.40. The molecule has 0 radical (unpaired) electrons. The fraction of sp³-hybridized carbons (Fsp3) is 0.250. The molecule has 3 heteroatoms. The highest BCUT2D eigenvalue weighted by atomic mass is 16.5. The molecule has 1 aliphatic heterocycles. The van der Waals surface area contributed by atoms with E-state index in [1.165, 1.54) is 0 Å². The Labute approximate surface area is 113 Å². The lowest BCUT2D eigenvalue weighted by molar-refractivity contribution is 0.279. The molecule has 0 atom stereocenters. The second-order valence-electron chi connectivity index (χ2n) is 5.29. The van der Waals surface area contributed by atoms with Gasteiger partial charge in [0.2, 0.25) is 5.90 Å². The fourth-order valence-electron chi connectivity index (χ4n) is 2.04. The molecule has 1 aromatic heterocycles. The van der Waals surface area contributed by atoms with E-state index in [0.717, 1.165) is 17.0 Å². The minimum atomic E-state index is -0.153. The van der Waals surface area contributed by atoms with Crippen molar-refractivity contribution in [3.63, 3.8) is 0 Å². The molecule has 1 aliphatic rings. The van der Waals surface area contributed by atoms with Crippen LogP contribution >= 0.6 is 0 Å². The van der Waals surface area contributed by atoms with E-state index in [4.69, 9.17) is 4.74 Å². The van der Waals surface area contributed by atoms with E-state index in [1.807, 2.05) is 48.5 Å². The summed E-state index contributed by atoms with van der Waals surface area (Å²) in [5.41, 5.74) is 2.68. The molecule has 0 fully saturated rings.